The van der Waals surface area contributed by atoms with E-state index in [0.29, 0.717) is 61.0 Å². The second-order valence-corrected chi connectivity index (χ2v) is 11.0. The molecule has 0 unspecified atom stereocenters. The van der Waals surface area contributed by atoms with Crippen molar-refractivity contribution < 1.29 is 38.0 Å². The fraction of sp³-hybridized carbons (Fsp3) is 0.444. The largest absolute Gasteiger partial charge is 0.493 e. The Morgan fingerprint density at radius 3 is 2.04 bits per heavy atom. The molecular formula is C36H45NO8. The van der Waals surface area contributed by atoms with E-state index >= 15 is 0 Å². The highest BCUT2D eigenvalue weighted by molar-refractivity contribution is 5.89. The molecule has 0 radical (unpaired) electrons. The van der Waals surface area contributed by atoms with E-state index < -0.39 is 18.1 Å². The van der Waals surface area contributed by atoms with Crippen molar-refractivity contribution in [3.63, 3.8) is 0 Å². The smallest absolute Gasteiger partial charge is 0.329 e. The monoisotopic (exact) mass is 619 g/mol. The Hall–Kier alpha value is -4.40. The van der Waals surface area contributed by atoms with Gasteiger partial charge in [0.2, 0.25) is 11.7 Å². The van der Waals surface area contributed by atoms with Crippen molar-refractivity contribution >= 4 is 11.9 Å². The van der Waals surface area contributed by atoms with Gasteiger partial charge in [0.15, 0.2) is 23.0 Å². The van der Waals surface area contributed by atoms with Gasteiger partial charge in [0, 0.05) is 6.54 Å². The maximum atomic E-state index is 14.2. The molecule has 3 atom stereocenters. The number of likely N-dealkylation sites (tertiary alicyclic amines) is 1. The number of esters is 1. The molecule has 1 aliphatic rings. The number of piperidine rings is 1. The first-order valence-corrected chi connectivity index (χ1v) is 15.5. The molecule has 3 aromatic rings. The zero-order valence-electron chi connectivity index (χ0n) is 27.2. The van der Waals surface area contributed by atoms with Crippen LogP contribution < -0.4 is 23.7 Å². The van der Waals surface area contributed by atoms with Crippen molar-refractivity contribution in [2.75, 3.05) is 42.1 Å². The van der Waals surface area contributed by atoms with E-state index in [1.54, 1.807) is 40.4 Å². The van der Waals surface area contributed by atoms with Crippen molar-refractivity contribution in [3.05, 3.63) is 77.4 Å². The zero-order chi connectivity index (χ0) is 32.3. The molecule has 9 heteroatoms. The van der Waals surface area contributed by atoms with Gasteiger partial charge < -0.3 is 33.3 Å². The minimum atomic E-state index is -0.672. The Labute approximate surface area is 266 Å². The van der Waals surface area contributed by atoms with E-state index in [-0.39, 0.29) is 11.9 Å². The third-order valence-electron chi connectivity index (χ3n) is 8.43. The summed E-state index contributed by atoms with van der Waals surface area (Å²) in [5.41, 5.74) is 2.69. The second kappa shape index (κ2) is 16.1. The van der Waals surface area contributed by atoms with Crippen molar-refractivity contribution in [1.82, 2.24) is 4.90 Å². The first-order valence-electron chi connectivity index (χ1n) is 15.5. The van der Waals surface area contributed by atoms with E-state index in [1.807, 2.05) is 67.6 Å². The van der Waals surface area contributed by atoms with Crippen LogP contribution in [0, 0.1) is 0 Å². The molecule has 0 aromatic heterocycles. The van der Waals surface area contributed by atoms with Gasteiger partial charge in [-0.15, -0.1) is 0 Å². The highest BCUT2D eigenvalue weighted by Crippen LogP contribution is 2.41. The van der Waals surface area contributed by atoms with Crippen LogP contribution in [0.5, 0.6) is 28.7 Å². The van der Waals surface area contributed by atoms with Crippen LogP contribution in [0.1, 0.15) is 67.7 Å². The zero-order valence-corrected chi connectivity index (χ0v) is 27.2. The van der Waals surface area contributed by atoms with Gasteiger partial charge in [0.05, 0.1) is 41.5 Å². The van der Waals surface area contributed by atoms with Gasteiger partial charge in [0.25, 0.3) is 0 Å². The summed E-state index contributed by atoms with van der Waals surface area (Å²) < 4.78 is 33.7. The first-order chi connectivity index (χ1) is 21.9. The number of methoxy groups -OCH3 is 5. The number of benzene rings is 3. The van der Waals surface area contributed by atoms with Crippen LogP contribution in [0.15, 0.2) is 60.7 Å². The number of amides is 1. The summed E-state index contributed by atoms with van der Waals surface area (Å²) in [6.45, 7) is 2.45. The molecule has 1 fully saturated rings. The predicted octanol–water partition coefficient (Wildman–Crippen LogP) is 6.52. The van der Waals surface area contributed by atoms with Gasteiger partial charge >= 0.3 is 5.97 Å². The molecule has 1 saturated heterocycles. The van der Waals surface area contributed by atoms with Gasteiger partial charge in [0.1, 0.15) is 12.1 Å². The molecule has 242 valence electrons. The summed E-state index contributed by atoms with van der Waals surface area (Å²) in [4.78, 5) is 29.8. The minimum absolute atomic E-state index is 0.116. The minimum Gasteiger partial charge on any atom is -0.493 e. The molecule has 1 heterocycles. The molecule has 0 spiro atoms. The Kier molecular flexibility index (Phi) is 12.0. The molecule has 0 aliphatic carbocycles. The number of rotatable bonds is 14. The molecule has 45 heavy (non-hydrogen) atoms. The third kappa shape index (κ3) is 7.82. The maximum absolute atomic E-state index is 14.2. The summed E-state index contributed by atoms with van der Waals surface area (Å²) in [6, 6.07) is 18.5. The summed E-state index contributed by atoms with van der Waals surface area (Å²) in [6.07, 6.45) is 3.48. The Bertz CT molecular complexity index is 1400. The van der Waals surface area contributed by atoms with Gasteiger partial charge in [-0.25, -0.2) is 4.79 Å². The van der Waals surface area contributed by atoms with Crippen molar-refractivity contribution in [3.8, 4) is 28.7 Å². The Morgan fingerprint density at radius 2 is 1.44 bits per heavy atom. The Balaban J connectivity index is 1.56. The van der Waals surface area contributed by atoms with Gasteiger partial charge in [-0.3, -0.25) is 4.79 Å². The quantitative estimate of drug-likeness (QED) is 0.188. The molecule has 1 amide bonds. The normalized spacial score (nSPS) is 15.9. The highest BCUT2D eigenvalue weighted by Gasteiger charge is 2.38. The summed E-state index contributed by atoms with van der Waals surface area (Å²) in [5.74, 6) is 1.73. The lowest BCUT2D eigenvalue weighted by Crippen LogP contribution is -2.50. The van der Waals surface area contributed by atoms with Gasteiger partial charge in [-0.2, -0.15) is 0 Å². The molecule has 4 rings (SSSR count). The van der Waals surface area contributed by atoms with Crippen molar-refractivity contribution in [2.45, 2.75) is 63.5 Å². The summed E-state index contributed by atoms with van der Waals surface area (Å²) >= 11 is 0. The molecule has 9 nitrogen and oxygen atoms in total. The Morgan fingerprint density at radius 1 is 0.778 bits per heavy atom. The van der Waals surface area contributed by atoms with Crippen LogP contribution in [-0.2, 0) is 20.7 Å². The summed E-state index contributed by atoms with van der Waals surface area (Å²) in [5, 5.41) is 0. The predicted molar refractivity (Wildman–Crippen MR) is 172 cm³/mol. The third-order valence-corrected chi connectivity index (χ3v) is 8.43. The molecule has 0 bridgehead atoms. The van der Waals surface area contributed by atoms with E-state index in [4.69, 9.17) is 28.4 Å². The topological polar surface area (TPSA) is 92.8 Å². The lowest BCUT2D eigenvalue weighted by molar-refractivity contribution is -0.162. The maximum Gasteiger partial charge on any atom is 0.329 e. The number of hydrogen-bond acceptors (Lipinski definition) is 8. The number of carbonyl (C=O) groups is 2. The van der Waals surface area contributed by atoms with Crippen LogP contribution in [0.3, 0.4) is 0 Å². The van der Waals surface area contributed by atoms with Crippen LogP contribution in [0.25, 0.3) is 0 Å². The van der Waals surface area contributed by atoms with Crippen molar-refractivity contribution in [1.29, 1.82) is 0 Å². The SMILES string of the molecule is CC[C@H](C(=O)N1CCCC[C@H]1C(=O)O[C@@H](CCc1ccc(OC)c(OC)c1)c1ccccc1)c1cc(OC)c(OC)c(OC)c1. The fourth-order valence-corrected chi connectivity index (χ4v) is 6.01. The van der Waals surface area contributed by atoms with Gasteiger partial charge in [-0.1, -0.05) is 43.3 Å². The van der Waals surface area contributed by atoms with Gasteiger partial charge in [-0.05, 0) is 79.5 Å². The van der Waals surface area contributed by atoms with Crippen molar-refractivity contribution in [2.24, 2.45) is 0 Å². The van der Waals surface area contributed by atoms with Crippen LogP contribution in [0.4, 0.5) is 0 Å². The van der Waals surface area contributed by atoms with E-state index in [9.17, 15) is 9.59 Å². The lowest BCUT2D eigenvalue weighted by Gasteiger charge is -2.37. The van der Waals surface area contributed by atoms with Crippen LogP contribution in [0.2, 0.25) is 0 Å². The van der Waals surface area contributed by atoms with Crippen LogP contribution >= 0.6 is 0 Å². The number of aryl methyl sites for hydroxylation is 1. The van der Waals surface area contributed by atoms with Crippen LogP contribution in [-0.4, -0.2) is 64.9 Å². The number of carbonyl (C=O) groups excluding carboxylic acids is 2. The molecule has 3 aromatic carbocycles. The van der Waals surface area contributed by atoms with E-state index in [0.717, 1.165) is 29.5 Å². The second-order valence-electron chi connectivity index (χ2n) is 11.0. The average molecular weight is 620 g/mol. The van der Waals surface area contributed by atoms with E-state index in [2.05, 4.69) is 0 Å². The lowest BCUT2D eigenvalue weighted by atomic mass is 9.91. The fourth-order valence-electron chi connectivity index (χ4n) is 6.01. The number of ether oxygens (including phenoxy) is 6. The molecule has 0 saturated carbocycles. The molecule has 0 N–H and O–H groups in total. The highest BCUT2D eigenvalue weighted by atomic mass is 16.5. The number of nitrogens with zero attached hydrogens (tertiary/aromatic N) is 1. The molecule has 1 aliphatic heterocycles. The van der Waals surface area contributed by atoms with E-state index in [1.165, 1.54) is 0 Å². The number of hydrogen-bond donors (Lipinski definition) is 0. The first kappa shape index (κ1) is 33.5. The standard InChI is InChI=1S/C36H45NO8/c1-7-27(26-22-32(42-4)34(44-6)33(23-26)43-5)35(38)37-20-12-11-15-28(37)36(39)45-29(25-13-9-8-10-14-25)18-16-24-17-19-30(40-2)31(21-24)41-3/h8-10,13-14,17,19,21-23,27-29H,7,11-12,15-16,18,20H2,1-6H3/t27-,28-,29-/m0/s1. The average Bonchev–Trinajstić information content (AvgIpc) is 3.09. The molecular weight excluding hydrogens is 574 g/mol. The summed E-state index contributed by atoms with van der Waals surface area (Å²) in [7, 11) is 7.86.